The Bertz CT molecular complexity index is 718. The van der Waals surface area contributed by atoms with E-state index in [4.69, 9.17) is 15.5 Å². The zero-order valence-corrected chi connectivity index (χ0v) is 12.5. The van der Waals surface area contributed by atoms with Gasteiger partial charge in [0.1, 0.15) is 23.5 Å². The lowest BCUT2D eigenvalue weighted by Crippen LogP contribution is -2.25. The maximum Gasteiger partial charge on any atom is 0.249 e. The third kappa shape index (κ3) is 2.45. The van der Waals surface area contributed by atoms with Gasteiger partial charge in [0.25, 0.3) is 0 Å². The fraction of sp³-hybridized carbons (Fsp3) is 0.500. The van der Waals surface area contributed by atoms with Gasteiger partial charge in [-0.1, -0.05) is 19.0 Å². The Morgan fingerprint density at radius 2 is 2.27 bits per heavy atom. The van der Waals surface area contributed by atoms with Gasteiger partial charge < -0.3 is 15.2 Å². The van der Waals surface area contributed by atoms with Crippen LogP contribution in [0.4, 0.5) is 11.8 Å². The molecule has 114 valence electrons. The van der Waals surface area contributed by atoms with Gasteiger partial charge in [-0.15, -0.1) is 0 Å². The lowest BCUT2D eigenvalue weighted by atomic mass is 10.2. The molecule has 0 radical (unpaired) electrons. The quantitative estimate of drug-likeness (QED) is 0.911. The van der Waals surface area contributed by atoms with Gasteiger partial charge in [0, 0.05) is 12.5 Å². The molecule has 8 heteroatoms. The number of rotatable bonds is 3. The molecule has 1 aliphatic heterocycles. The smallest absolute Gasteiger partial charge is 0.249 e. The standard InChI is InChI=1S/C14H17N7O/c1-8(2)12-19-13(22-20-12)10-4-3-5-21(10)14-17-7-9(6-15)11(16)18-14/h7-8,10H,3-5H2,1-2H3,(H2,16,17,18)/t10-/m0/s1. The van der Waals surface area contributed by atoms with E-state index in [0.29, 0.717) is 17.7 Å². The molecule has 2 aromatic heterocycles. The Morgan fingerprint density at radius 1 is 1.45 bits per heavy atom. The summed E-state index contributed by atoms with van der Waals surface area (Å²) in [5.41, 5.74) is 6.05. The fourth-order valence-electron chi connectivity index (χ4n) is 2.49. The van der Waals surface area contributed by atoms with E-state index in [-0.39, 0.29) is 23.3 Å². The molecule has 0 aliphatic carbocycles. The van der Waals surface area contributed by atoms with Crippen LogP contribution in [0.2, 0.25) is 0 Å². The van der Waals surface area contributed by atoms with Crippen LogP contribution in [0.15, 0.2) is 10.7 Å². The topological polar surface area (TPSA) is 118 Å². The van der Waals surface area contributed by atoms with E-state index >= 15 is 0 Å². The first-order valence-corrected chi connectivity index (χ1v) is 7.23. The molecule has 0 spiro atoms. The molecule has 0 amide bonds. The van der Waals surface area contributed by atoms with Crippen LogP contribution >= 0.6 is 0 Å². The van der Waals surface area contributed by atoms with Gasteiger partial charge in [-0.05, 0) is 12.8 Å². The Morgan fingerprint density at radius 3 is 2.91 bits per heavy atom. The molecular weight excluding hydrogens is 282 g/mol. The Balaban J connectivity index is 1.89. The fourth-order valence-corrected chi connectivity index (χ4v) is 2.49. The van der Waals surface area contributed by atoms with Crippen molar-refractivity contribution in [2.75, 3.05) is 17.2 Å². The first kappa shape index (κ1) is 14.3. The van der Waals surface area contributed by atoms with E-state index in [9.17, 15) is 0 Å². The number of anilines is 2. The number of hydrogen-bond donors (Lipinski definition) is 1. The molecule has 8 nitrogen and oxygen atoms in total. The summed E-state index contributed by atoms with van der Waals surface area (Å²) in [6.45, 7) is 4.83. The second-order valence-electron chi connectivity index (χ2n) is 5.58. The van der Waals surface area contributed by atoms with E-state index in [0.717, 1.165) is 19.4 Å². The first-order valence-electron chi connectivity index (χ1n) is 7.23. The predicted octanol–water partition coefficient (Wildman–Crippen LogP) is 1.78. The van der Waals surface area contributed by atoms with Crippen LogP contribution in [0.25, 0.3) is 0 Å². The normalized spacial score (nSPS) is 17.9. The number of hydrogen-bond acceptors (Lipinski definition) is 8. The van der Waals surface area contributed by atoms with Crippen molar-refractivity contribution in [1.29, 1.82) is 5.26 Å². The van der Waals surface area contributed by atoms with Crippen LogP contribution in [-0.2, 0) is 0 Å². The zero-order chi connectivity index (χ0) is 15.7. The van der Waals surface area contributed by atoms with Gasteiger partial charge in [-0.2, -0.15) is 15.2 Å². The molecule has 1 saturated heterocycles. The molecule has 0 saturated carbocycles. The number of nitrogens with two attached hydrogens (primary N) is 1. The van der Waals surface area contributed by atoms with Gasteiger partial charge in [-0.25, -0.2) is 4.98 Å². The molecule has 0 bridgehead atoms. The first-order chi connectivity index (χ1) is 10.6. The summed E-state index contributed by atoms with van der Waals surface area (Å²) in [4.78, 5) is 14.9. The van der Waals surface area contributed by atoms with E-state index < -0.39 is 0 Å². The Labute approximate surface area is 128 Å². The summed E-state index contributed by atoms with van der Waals surface area (Å²) >= 11 is 0. The summed E-state index contributed by atoms with van der Waals surface area (Å²) in [5.74, 6) is 2.17. The van der Waals surface area contributed by atoms with Crippen molar-refractivity contribution in [2.45, 2.75) is 38.6 Å². The molecule has 0 aromatic carbocycles. The van der Waals surface area contributed by atoms with E-state index in [1.54, 1.807) is 0 Å². The highest BCUT2D eigenvalue weighted by Crippen LogP contribution is 2.34. The van der Waals surface area contributed by atoms with Crippen LogP contribution in [-0.4, -0.2) is 26.7 Å². The lowest BCUT2D eigenvalue weighted by Gasteiger charge is -2.21. The molecule has 1 aliphatic rings. The van der Waals surface area contributed by atoms with Gasteiger partial charge in [0.15, 0.2) is 5.82 Å². The number of aromatic nitrogens is 4. The largest absolute Gasteiger partial charge is 0.382 e. The summed E-state index contributed by atoms with van der Waals surface area (Å²) < 4.78 is 5.39. The molecule has 2 aromatic rings. The van der Waals surface area contributed by atoms with Crippen molar-refractivity contribution >= 4 is 11.8 Å². The van der Waals surface area contributed by atoms with Crippen molar-refractivity contribution in [3.63, 3.8) is 0 Å². The molecule has 1 atom stereocenters. The summed E-state index contributed by atoms with van der Waals surface area (Å²) in [6, 6.07) is 1.91. The molecule has 0 unspecified atom stereocenters. The SMILES string of the molecule is CC(C)c1noc([C@@H]2CCCN2c2ncc(C#N)c(N)n2)n1. The van der Waals surface area contributed by atoms with Crippen molar-refractivity contribution in [2.24, 2.45) is 0 Å². The van der Waals surface area contributed by atoms with Crippen molar-refractivity contribution in [1.82, 2.24) is 20.1 Å². The van der Waals surface area contributed by atoms with Crippen LogP contribution < -0.4 is 10.6 Å². The summed E-state index contributed by atoms with van der Waals surface area (Å²) in [6.07, 6.45) is 3.32. The minimum Gasteiger partial charge on any atom is -0.382 e. The van der Waals surface area contributed by atoms with Gasteiger partial charge in [-0.3, -0.25) is 0 Å². The van der Waals surface area contributed by atoms with Crippen molar-refractivity contribution < 1.29 is 4.52 Å². The Kier molecular flexibility index (Phi) is 3.63. The number of nitrogens with zero attached hydrogens (tertiary/aromatic N) is 6. The second-order valence-corrected chi connectivity index (χ2v) is 5.58. The van der Waals surface area contributed by atoms with Crippen LogP contribution in [0.1, 0.15) is 55.9 Å². The van der Waals surface area contributed by atoms with Crippen molar-refractivity contribution in [3.05, 3.63) is 23.5 Å². The number of nitriles is 1. The second kappa shape index (κ2) is 5.60. The molecule has 1 fully saturated rings. The van der Waals surface area contributed by atoms with Gasteiger partial charge in [0.05, 0.1) is 6.20 Å². The van der Waals surface area contributed by atoms with Crippen LogP contribution in [0.5, 0.6) is 0 Å². The molecule has 22 heavy (non-hydrogen) atoms. The summed E-state index contributed by atoms with van der Waals surface area (Å²) in [5, 5.41) is 12.9. The Hall–Kier alpha value is -2.69. The minimum absolute atomic E-state index is 0.0488. The van der Waals surface area contributed by atoms with E-state index in [2.05, 4.69) is 20.1 Å². The van der Waals surface area contributed by atoms with Crippen LogP contribution in [0.3, 0.4) is 0 Å². The predicted molar refractivity (Wildman–Crippen MR) is 78.9 cm³/mol. The average molecular weight is 299 g/mol. The monoisotopic (exact) mass is 299 g/mol. The van der Waals surface area contributed by atoms with E-state index in [1.165, 1.54) is 6.20 Å². The molecule has 3 rings (SSSR count). The maximum atomic E-state index is 8.90. The highest BCUT2D eigenvalue weighted by molar-refractivity contribution is 5.51. The molecule has 3 heterocycles. The minimum atomic E-state index is -0.0488. The molecule has 2 N–H and O–H groups in total. The highest BCUT2D eigenvalue weighted by Gasteiger charge is 2.33. The third-order valence-corrected chi connectivity index (χ3v) is 3.69. The summed E-state index contributed by atoms with van der Waals surface area (Å²) in [7, 11) is 0. The molecular formula is C14H17N7O. The maximum absolute atomic E-state index is 8.90. The highest BCUT2D eigenvalue weighted by atomic mass is 16.5. The van der Waals surface area contributed by atoms with Crippen LogP contribution in [0, 0.1) is 11.3 Å². The third-order valence-electron chi connectivity index (χ3n) is 3.69. The number of nitrogen functional groups attached to an aromatic ring is 1. The van der Waals surface area contributed by atoms with Gasteiger partial charge in [0.2, 0.25) is 11.8 Å². The van der Waals surface area contributed by atoms with Crippen molar-refractivity contribution in [3.8, 4) is 6.07 Å². The average Bonchev–Trinajstić information content (AvgIpc) is 3.15. The van der Waals surface area contributed by atoms with Gasteiger partial charge >= 0.3 is 0 Å². The lowest BCUT2D eigenvalue weighted by molar-refractivity contribution is 0.349. The zero-order valence-electron chi connectivity index (χ0n) is 12.5. The van der Waals surface area contributed by atoms with E-state index in [1.807, 2.05) is 24.8 Å².